The molecule has 0 amide bonds. The molecule has 0 aliphatic carbocycles. The van der Waals surface area contributed by atoms with Crippen LogP contribution in [0.2, 0.25) is 0 Å². The van der Waals surface area contributed by atoms with Crippen molar-refractivity contribution in [2.24, 2.45) is 0 Å². The van der Waals surface area contributed by atoms with Crippen LogP contribution in [-0.2, 0) is 29.0 Å². The number of esters is 2. The van der Waals surface area contributed by atoms with Gasteiger partial charge in [0.25, 0.3) is 0 Å². The maximum atomic E-state index is 13.0. The molecule has 3 aromatic carbocycles. The second-order valence-electron chi connectivity index (χ2n) is 10.9. The summed E-state index contributed by atoms with van der Waals surface area (Å²) in [4.78, 5) is 30.6. The van der Waals surface area contributed by atoms with Crippen LogP contribution >= 0.6 is 0 Å². The van der Waals surface area contributed by atoms with E-state index in [4.69, 9.17) is 14.5 Å². The Hall–Kier alpha value is -4.39. The predicted molar refractivity (Wildman–Crippen MR) is 171 cm³/mol. The van der Waals surface area contributed by atoms with Gasteiger partial charge in [-0.15, -0.1) is 0 Å². The molecule has 1 unspecified atom stereocenters. The third kappa shape index (κ3) is 8.57. The molecule has 0 spiro atoms. The van der Waals surface area contributed by atoms with E-state index >= 15 is 0 Å². The standard InChI is InChI=1S/C36H43N3O4/c1-5-7-14-27(4)43-36(41)31-17-12-13-18-32(31)37-23-30-24-38-34(19-8-6-2)39(30)33-21-20-29(22-26(33)3)35(40)42-25-28-15-10-9-11-16-28/h9-13,15-18,20-22,24,27,37H,5-8,14,19,23,25H2,1-4H3. The molecule has 0 aliphatic heterocycles. The highest BCUT2D eigenvalue weighted by Crippen LogP contribution is 2.24. The highest BCUT2D eigenvalue weighted by molar-refractivity contribution is 5.95. The summed E-state index contributed by atoms with van der Waals surface area (Å²) < 4.78 is 13.4. The zero-order chi connectivity index (χ0) is 30.6. The van der Waals surface area contributed by atoms with Crippen molar-refractivity contribution >= 4 is 17.6 Å². The first-order valence-corrected chi connectivity index (χ1v) is 15.3. The van der Waals surface area contributed by atoms with Crippen molar-refractivity contribution in [3.63, 3.8) is 0 Å². The number of para-hydroxylation sites is 1. The van der Waals surface area contributed by atoms with Crippen LogP contribution in [0.25, 0.3) is 5.69 Å². The number of anilines is 1. The Morgan fingerprint density at radius 3 is 2.42 bits per heavy atom. The van der Waals surface area contributed by atoms with Gasteiger partial charge in [0.15, 0.2) is 0 Å². The first kappa shape index (κ1) is 31.5. The number of carbonyl (C=O) groups is 2. The number of benzene rings is 3. The smallest absolute Gasteiger partial charge is 0.340 e. The summed E-state index contributed by atoms with van der Waals surface area (Å²) in [6.07, 6.45) is 7.57. The highest BCUT2D eigenvalue weighted by atomic mass is 16.5. The van der Waals surface area contributed by atoms with Gasteiger partial charge in [0, 0.05) is 12.1 Å². The Labute approximate surface area is 255 Å². The number of rotatable bonds is 15. The fourth-order valence-corrected chi connectivity index (χ4v) is 5.00. The summed E-state index contributed by atoms with van der Waals surface area (Å²) in [5, 5.41) is 3.45. The normalized spacial score (nSPS) is 11.6. The number of nitrogens with zero attached hydrogens (tertiary/aromatic N) is 2. The molecule has 7 nitrogen and oxygen atoms in total. The fraction of sp³-hybridized carbons (Fsp3) is 0.361. The van der Waals surface area contributed by atoms with Gasteiger partial charge in [-0.25, -0.2) is 14.6 Å². The van der Waals surface area contributed by atoms with Crippen LogP contribution in [0.15, 0.2) is 79.0 Å². The summed E-state index contributed by atoms with van der Waals surface area (Å²) in [5.41, 5.74) is 5.53. The van der Waals surface area contributed by atoms with Crippen molar-refractivity contribution in [3.8, 4) is 5.69 Å². The van der Waals surface area contributed by atoms with Crippen LogP contribution in [0, 0.1) is 6.92 Å². The summed E-state index contributed by atoms with van der Waals surface area (Å²) in [6, 6.07) is 22.7. The van der Waals surface area contributed by atoms with Gasteiger partial charge in [0.1, 0.15) is 12.4 Å². The molecule has 4 aromatic rings. The number of nitrogens with one attached hydrogen (secondary N) is 1. The first-order chi connectivity index (χ1) is 20.9. The van der Waals surface area contributed by atoms with Gasteiger partial charge in [0.2, 0.25) is 0 Å². The lowest BCUT2D eigenvalue weighted by Gasteiger charge is -2.18. The number of carbonyl (C=O) groups excluding carboxylic acids is 2. The van der Waals surface area contributed by atoms with E-state index in [1.807, 2.05) is 86.8 Å². The van der Waals surface area contributed by atoms with E-state index in [1.165, 1.54) is 0 Å². The van der Waals surface area contributed by atoms with Gasteiger partial charge in [-0.2, -0.15) is 0 Å². The van der Waals surface area contributed by atoms with E-state index in [0.29, 0.717) is 23.4 Å². The minimum atomic E-state index is -0.357. The van der Waals surface area contributed by atoms with Crippen molar-refractivity contribution in [3.05, 3.63) is 113 Å². The van der Waals surface area contributed by atoms with E-state index < -0.39 is 0 Å². The van der Waals surface area contributed by atoms with E-state index in [2.05, 4.69) is 23.7 Å². The quantitative estimate of drug-likeness (QED) is 0.142. The average molecular weight is 582 g/mol. The summed E-state index contributed by atoms with van der Waals surface area (Å²) in [6.45, 7) is 8.91. The fourth-order valence-electron chi connectivity index (χ4n) is 5.00. The number of ether oxygens (including phenoxy) is 2. The second kappa shape index (κ2) is 15.7. The Kier molecular flexibility index (Phi) is 11.5. The minimum Gasteiger partial charge on any atom is -0.459 e. The highest BCUT2D eigenvalue weighted by Gasteiger charge is 2.19. The summed E-state index contributed by atoms with van der Waals surface area (Å²) >= 11 is 0. The molecule has 7 heteroatoms. The van der Waals surface area contributed by atoms with Crippen molar-refractivity contribution < 1.29 is 19.1 Å². The van der Waals surface area contributed by atoms with E-state index in [-0.39, 0.29) is 24.6 Å². The van der Waals surface area contributed by atoms with E-state index in [0.717, 1.165) is 66.9 Å². The summed E-state index contributed by atoms with van der Waals surface area (Å²) in [5.74, 6) is 0.276. The largest absolute Gasteiger partial charge is 0.459 e. The molecule has 4 rings (SSSR count). The van der Waals surface area contributed by atoms with Crippen LogP contribution in [-0.4, -0.2) is 27.6 Å². The third-order valence-electron chi connectivity index (χ3n) is 7.43. The number of aromatic nitrogens is 2. The van der Waals surface area contributed by atoms with Crippen LogP contribution in [0.4, 0.5) is 5.69 Å². The van der Waals surface area contributed by atoms with Crippen LogP contribution in [0.1, 0.15) is 96.2 Å². The molecule has 0 fully saturated rings. The van der Waals surface area contributed by atoms with Gasteiger partial charge < -0.3 is 14.8 Å². The van der Waals surface area contributed by atoms with Crippen molar-refractivity contribution in [2.75, 3.05) is 5.32 Å². The lowest BCUT2D eigenvalue weighted by atomic mass is 10.1. The van der Waals surface area contributed by atoms with E-state index in [9.17, 15) is 9.59 Å². The zero-order valence-electron chi connectivity index (χ0n) is 25.8. The van der Waals surface area contributed by atoms with Gasteiger partial charge in [0.05, 0.1) is 41.4 Å². The number of imidazole rings is 1. The second-order valence-corrected chi connectivity index (χ2v) is 10.9. The minimum absolute atomic E-state index is 0.135. The number of unbranched alkanes of at least 4 members (excludes halogenated alkanes) is 2. The lowest BCUT2D eigenvalue weighted by molar-refractivity contribution is 0.0321. The van der Waals surface area contributed by atoms with Crippen molar-refractivity contribution in [1.82, 2.24) is 9.55 Å². The molecular formula is C36H43N3O4. The van der Waals surface area contributed by atoms with Gasteiger partial charge in [-0.3, -0.25) is 4.57 Å². The zero-order valence-corrected chi connectivity index (χ0v) is 25.8. The monoisotopic (exact) mass is 581 g/mol. The molecule has 1 N–H and O–H groups in total. The molecule has 0 saturated heterocycles. The lowest BCUT2D eigenvalue weighted by Crippen LogP contribution is -2.17. The molecule has 1 heterocycles. The number of hydrogen-bond acceptors (Lipinski definition) is 6. The Bertz CT molecular complexity index is 1500. The molecule has 0 bridgehead atoms. The Balaban J connectivity index is 1.53. The van der Waals surface area contributed by atoms with Crippen LogP contribution in [0.5, 0.6) is 0 Å². The topological polar surface area (TPSA) is 82.5 Å². The van der Waals surface area contributed by atoms with Gasteiger partial charge in [-0.1, -0.05) is 75.6 Å². The average Bonchev–Trinajstić information content (AvgIpc) is 3.43. The predicted octanol–water partition coefficient (Wildman–Crippen LogP) is 8.23. The van der Waals surface area contributed by atoms with Crippen LogP contribution < -0.4 is 5.32 Å². The molecular weight excluding hydrogens is 538 g/mol. The molecule has 1 atom stereocenters. The maximum absolute atomic E-state index is 13.0. The van der Waals surface area contributed by atoms with Crippen molar-refractivity contribution in [2.45, 2.75) is 85.5 Å². The summed E-state index contributed by atoms with van der Waals surface area (Å²) in [7, 11) is 0. The molecule has 0 radical (unpaired) electrons. The molecule has 43 heavy (non-hydrogen) atoms. The molecule has 0 aliphatic rings. The van der Waals surface area contributed by atoms with Gasteiger partial charge >= 0.3 is 11.9 Å². The SMILES string of the molecule is CCCCc1ncc(CNc2ccccc2C(=O)OC(C)CCCC)n1-c1ccc(C(=O)OCc2ccccc2)cc1C. The maximum Gasteiger partial charge on any atom is 0.340 e. The Morgan fingerprint density at radius 2 is 1.67 bits per heavy atom. The molecule has 0 saturated carbocycles. The first-order valence-electron chi connectivity index (χ1n) is 15.3. The Morgan fingerprint density at radius 1 is 0.930 bits per heavy atom. The number of hydrogen-bond donors (Lipinski definition) is 1. The van der Waals surface area contributed by atoms with E-state index in [1.54, 1.807) is 6.07 Å². The van der Waals surface area contributed by atoms with Crippen LogP contribution in [0.3, 0.4) is 0 Å². The molecule has 226 valence electrons. The van der Waals surface area contributed by atoms with Crippen molar-refractivity contribution in [1.29, 1.82) is 0 Å². The van der Waals surface area contributed by atoms with Gasteiger partial charge in [-0.05, 0) is 68.1 Å². The number of aryl methyl sites for hydroxylation is 2. The molecule has 1 aromatic heterocycles. The third-order valence-corrected chi connectivity index (χ3v) is 7.43.